The molecule has 0 fully saturated rings. The summed E-state index contributed by atoms with van der Waals surface area (Å²) >= 11 is 5.83. The number of halogens is 3. The maximum atomic E-state index is 14.4. The third-order valence-corrected chi connectivity index (χ3v) is 4.06. The molecule has 0 amide bonds. The first-order chi connectivity index (χ1) is 12.6. The van der Waals surface area contributed by atoms with Crippen LogP contribution in [0.1, 0.15) is 0 Å². The molecule has 26 heavy (non-hydrogen) atoms. The van der Waals surface area contributed by atoms with E-state index in [2.05, 4.69) is 20.3 Å². The van der Waals surface area contributed by atoms with Crippen molar-refractivity contribution in [3.8, 4) is 11.4 Å². The number of benzene rings is 2. The second kappa shape index (κ2) is 6.65. The van der Waals surface area contributed by atoms with Gasteiger partial charge in [0.1, 0.15) is 17.5 Å². The Hall–Kier alpha value is -3.12. The second-order valence-corrected chi connectivity index (χ2v) is 5.93. The van der Waals surface area contributed by atoms with Crippen LogP contribution in [0.3, 0.4) is 0 Å². The molecule has 0 radical (unpaired) electrons. The Kier molecular flexibility index (Phi) is 4.18. The third-order valence-electron chi connectivity index (χ3n) is 3.77. The summed E-state index contributed by atoms with van der Waals surface area (Å²) in [6, 6.07) is 12.3. The van der Waals surface area contributed by atoms with Gasteiger partial charge in [0, 0.05) is 23.6 Å². The summed E-state index contributed by atoms with van der Waals surface area (Å²) in [5, 5.41) is 3.20. The van der Waals surface area contributed by atoms with Crippen LogP contribution in [0.15, 0.2) is 60.9 Å². The third kappa shape index (κ3) is 3.07. The van der Waals surface area contributed by atoms with Gasteiger partial charge in [-0.3, -0.25) is 4.98 Å². The highest BCUT2D eigenvalue weighted by molar-refractivity contribution is 6.31. The summed E-state index contributed by atoms with van der Waals surface area (Å²) in [5.74, 6) is -0.343. The highest BCUT2D eigenvalue weighted by Crippen LogP contribution is 2.30. The van der Waals surface area contributed by atoms with Gasteiger partial charge in [-0.1, -0.05) is 17.7 Å². The van der Waals surface area contributed by atoms with Crippen LogP contribution in [-0.2, 0) is 0 Å². The van der Waals surface area contributed by atoms with E-state index < -0.39 is 11.6 Å². The molecule has 128 valence electrons. The molecule has 2 heterocycles. The minimum absolute atomic E-state index is 0.0404. The summed E-state index contributed by atoms with van der Waals surface area (Å²) in [4.78, 5) is 12.9. The molecule has 7 heteroatoms. The van der Waals surface area contributed by atoms with Crippen molar-refractivity contribution in [1.82, 2.24) is 15.0 Å². The number of nitrogens with one attached hydrogen (secondary N) is 1. The molecule has 0 aliphatic carbocycles. The van der Waals surface area contributed by atoms with Crippen LogP contribution in [0.5, 0.6) is 0 Å². The zero-order valence-electron chi connectivity index (χ0n) is 13.2. The van der Waals surface area contributed by atoms with E-state index in [1.54, 1.807) is 30.6 Å². The smallest absolute Gasteiger partial charge is 0.163 e. The van der Waals surface area contributed by atoms with E-state index in [-0.39, 0.29) is 16.2 Å². The van der Waals surface area contributed by atoms with Gasteiger partial charge in [-0.25, -0.2) is 18.7 Å². The van der Waals surface area contributed by atoms with Crippen LogP contribution in [0.4, 0.5) is 20.3 Å². The largest absolute Gasteiger partial charge is 0.339 e. The van der Waals surface area contributed by atoms with Crippen LogP contribution in [-0.4, -0.2) is 15.0 Å². The Morgan fingerprint density at radius 3 is 2.58 bits per heavy atom. The molecule has 0 atom stereocenters. The number of anilines is 2. The number of hydrogen-bond donors (Lipinski definition) is 1. The van der Waals surface area contributed by atoms with Crippen molar-refractivity contribution in [2.24, 2.45) is 0 Å². The van der Waals surface area contributed by atoms with E-state index in [0.717, 1.165) is 0 Å². The summed E-state index contributed by atoms with van der Waals surface area (Å²) in [5.41, 5.74) is 1.62. The van der Waals surface area contributed by atoms with Gasteiger partial charge in [0.15, 0.2) is 5.82 Å². The van der Waals surface area contributed by atoms with Gasteiger partial charge in [0.05, 0.1) is 15.9 Å². The number of hydrogen-bond acceptors (Lipinski definition) is 4. The minimum Gasteiger partial charge on any atom is -0.339 e. The number of pyridine rings is 1. The number of rotatable bonds is 3. The Morgan fingerprint density at radius 1 is 0.923 bits per heavy atom. The van der Waals surface area contributed by atoms with Crippen LogP contribution in [0, 0.1) is 11.6 Å². The zero-order valence-corrected chi connectivity index (χ0v) is 14.0. The Labute approximate surface area is 152 Å². The molecule has 1 N–H and O–H groups in total. The van der Waals surface area contributed by atoms with Crippen molar-refractivity contribution in [2.75, 3.05) is 5.32 Å². The SMILES string of the molecule is Fc1ccc(Nc2nc(-c3cccnc3)nc3cccc(F)c23)cc1Cl. The van der Waals surface area contributed by atoms with E-state index in [1.165, 1.54) is 24.3 Å². The molecular weight excluding hydrogens is 358 g/mol. The number of nitrogens with zero attached hydrogens (tertiary/aromatic N) is 3. The molecular formula is C19H11ClF2N4. The van der Waals surface area contributed by atoms with Crippen LogP contribution in [0.2, 0.25) is 5.02 Å². The average molecular weight is 369 g/mol. The van der Waals surface area contributed by atoms with Crippen molar-refractivity contribution in [3.63, 3.8) is 0 Å². The summed E-state index contributed by atoms with van der Waals surface area (Å²) in [6.07, 6.45) is 3.27. The zero-order chi connectivity index (χ0) is 18.1. The fourth-order valence-electron chi connectivity index (χ4n) is 2.57. The molecule has 0 aliphatic heterocycles. The van der Waals surface area contributed by atoms with E-state index >= 15 is 0 Å². The Balaban J connectivity index is 1.89. The fourth-order valence-corrected chi connectivity index (χ4v) is 2.75. The highest BCUT2D eigenvalue weighted by atomic mass is 35.5. The molecule has 0 spiro atoms. The maximum absolute atomic E-state index is 14.4. The first-order valence-corrected chi connectivity index (χ1v) is 8.08. The van der Waals surface area contributed by atoms with Gasteiger partial charge >= 0.3 is 0 Å². The molecule has 0 unspecified atom stereocenters. The molecule has 0 bridgehead atoms. The predicted octanol–water partition coefficient (Wildman–Crippen LogP) is 5.37. The summed E-state index contributed by atoms with van der Waals surface area (Å²) in [6.45, 7) is 0. The molecule has 0 saturated heterocycles. The maximum Gasteiger partial charge on any atom is 0.163 e. The van der Waals surface area contributed by atoms with Gasteiger partial charge in [-0.05, 0) is 42.5 Å². The van der Waals surface area contributed by atoms with E-state index in [9.17, 15) is 8.78 Å². The quantitative estimate of drug-likeness (QED) is 0.528. The van der Waals surface area contributed by atoms with Crippen molar-refractivity contribution in [3.05, 3.63) is 77.6 Å². The van der Waals surface area contributed by atoms with E-state index in [1.807, 2.05) is 6.07 Å². The molecule has 4 aromatic rings. The van der Waals surface area contributed by atoms with Gasteiger partial charge < -0.3 is 5.32 Å². The molecule has 2 aromatic heterocycles. The number of fused-ring (bicyclic) bond motifs is 1. The number of aromatic nitrogens is 3. The van der Waals surface area contributed by atoms with Gasteiger partial charge in [0.2, 0.25) is 0 Å². The molecule has 4 rings (SSSR count). The lowest BCUT2D eigenvalue weighted by Gasteiger charge is -2.12. The molecule has 0 saturated carbocycles. The molecule has 0 aliphatic rings. The second-order valence-electron chi connectivity index (χ2n) is 5.53. The topological polar surface area (TPSA) is 50.7 Å². The predicted molar refractivity (Wildman–Crippen MR) is 97.4 cm³/mol. The van der Waals surface area contributed by atoms with E-state index in [4.69, 9.17) is 11.6 Å². The van der Waals surface area contributed by atoms with Crippen LogP contribution < -0.4 is 5.32 Å². The van der Waals surface area contributed by atoms with Gasteiger partial charge in [-0.15, -0.1) is 0 Å². The van der Waals surface area contributed by atoms with Gasteiger partial charge in [0.25, 0.3) is 0 Å². The van der Waals surface area contributed by atoms with Crippen molar-refractivity contribution >= 4 is 34.0 Å². The van der Waals surface area contributed by atoms with E-state index in [0.29, 0.717) is 22.6 Å². The van der Waals surface area contributed by atoms with Gasteiger partial charge in [-0.2, -0.15) is 0 Å². The molecule has 2 aromatic carbocycles. The average Bonchev–Trinajstić information content (AvgIpc) is 2.65. The lowest BCUT2D eigenvalue weighted by molar-refractivity contribution is 0.628. The van der Waals surface area contributed by atoms with Crippen molar-refractivity contribution in [2.45, 2.75) is 0 Å². The van der Waals surface area contributed by atoms with Crippen molar-refractivity contribution < 1.29 is 8.78 Å². The minimum atomic E-state index is -0.535. The Bertz CT molecular complexity index is 1100. The monoisotopic (exact) mass is 368 g/mol. The standard InChI is InChI=1S/C19H11ClF2N4/c20-13-9-12(6-7-14(13)21)24-19-17-15(22)4-1-5-16(17)25-18(26-19)11-3-2-8-23-10-11/h1-10H,(H,24,25,26). The fraction of sp³-hybridized carbons (Fsp3) is 0. The lowest BCUT2D eigenvalue weighted by Crippen LogP contribution is -2.01. The Morgan fingerprint density at radius 2 is 1.81 bits per heavy atom. The lowest BCUT2D eigenvalue weighted by atomic mass is 10.2. The first kappa shape index (κ1) is 16.4. The van der Waals surface area contributed by atoms with Crippen LogP contribution >= 0.6 is 11.6 Å². The highest BCUT2D eigenvalue weighted by Gasteiger charge is 2.14. The first-order valence-electron chi connectivity index (χ1n) is 7.70. The molecule has 4 nitrogen and oxygen atoms in total. The summed E-state index contributed by atoms with van der Waals surface area (Å²) in [7, 11) is 0. The normalized spacial score (nSPS) is 10.9. The summed E-state index contributed by atoms with van der Waals surface area (Å²) < 4.78 is 27.8. The van der Waals surface area contributed by atoms with Crippen LogP contribution in [0.25, 0.3) is 22.3 Å². The van der Waals surface area contributed by atoms with Crippen molar-refractivity contribution in [1.29, 1.82) is 0 Å².